The lowest BCUT2D eigenvalue weighted by Crippen LogP contribution is -2.50. The van der Waals surface area contributed by atoms with Crippen LogP contribution in [0.25, 0.3) is 0 Å². The van der Waals surface area contributed by atoms with Gasteiger partial charge in [-0.2, -0.15) is 0 Å². The molecule has 2 amide bonds. The summed E-state index contributed by atoms with van der Waals surface area (Å²) >= 11 is 6.00. The van der Waals surface area contributed by atoms with E-state index in [1.165, 1.54) is 6.42 Å². The molecule has 2 aromatic carbocycles. The van der Waals surface area contributed by atoms with Crippen molar-refractivity contribution in [3.05, 3.63) is 71.3 Å². The third-order valence-corrected chi connectivity index (χ3v) is 7.14. The van der Waals surface area contributed by atoms with Gasteiger partial charge in [-0.3, -0.25) is 9.59 Å². The van der Waals surface area contributed by atoms with E-state index >= 15 is 0 Å². The van der Waals surface area contributed by atoms with Crippen molar-refractivity contribution >= 4 is 23.4 Å². The van der Waals surface area contributed by atoms with Crippen LogP contribution < -0.4 is 5.32 Å². The molecule has 1 saturated carbocycles. The molecule has 0 aromatic heterocycles. The summed E-state index contributed by atoms with van der Waals surface area (Å²) in [7, 11) is 0. The normalized spacial score (nSPS) is 21.6. The van der Waals surface area contributed by atoms with Gasteiger partial charge in [-0.25, -0.2) is 0 Å². The van der Waals surface area contributed by atoms with Gasteiger partial charge in [0.1, 0.15) is 11.9 Å². The maximum Gasteiger partial charge on any atom is 0.247 e. The third kappa shape index (κ3) is 6.13. The van der Waals surface area contributed by atoms with E-state index in [4.69, 9.17) is 11.6 Å². The number of hydrogen-bond acceptors (Lipinski definition) is 2. The first-order valence-electron chi connectivity index (χ1n) is 11.7. The average Bonchev–Trinajstić information content (AvgIpc) is 2.80. The molecule has 2 aromatic rings. The van der Waals surface area contributed by atoms with E-state index in [9.17, 15) is 9.59 Å². The van der Waals surface area contributed by atoms with E-state index in [0.29, 0.717) is 24.8 Å². The Balaban J connectivity index is 1.88. The number of nitrogens with zero attached hydrogens (tertiary/aromatic N) is 1. The standard InChI is InChI=1S/C27H35ClN2O2/c1-19-12-14-23(15-13-19)26(27(32)29-24-11-7-8-20(2)21(24)3)30(25(31)18-28)17-16-22-9-5-4-6-10-22/h4-6,9-10,12-15,20-21,24,26H,7-8,11,16-18H2,1-3H3,(H,29,32)/t20-,21-,24-,26-/m1/s1. The number of rotatable bonds is 8. The summed E-state index contributed by atoms with van der Waals surface area (Å²) in [4.78, 5) is 28.3. The van der Waals surface area contributed by atoms with Crippen molar-refractivity contribution in [3.63, 3.8) is 0 Å². The molecule has 5 heteroatoms. The van der Waals surface area contributed by atoms with Crippen LogP contribution in [0.5, 0.6) is 0 Å². The highest BCUT2D eigenvalue weighted by molar-refractivity contribution is 6.27. The molecule has 0 spiro atoms. The lowest BCUT2D eigenvalue weighted by molar-refractivity contribution is -0.139. The van der Waals surface area contributed by atoms with Gasteiger partial charge >= 0.3 is 0 Å². The molecular formula is C27H35ClN2O2. The Hall–Kier alpha value is -2.33. The van der Waals surface area contributed by atoms with Gasteiger partial charge in [0.15, 0.2) is 0 Å². The fourth-order valence-electron chi connectivity index (χ4n) is 4.64. The van der Waals surface area contributed by atoms with Crippen molar-refractivity contribution in [2.24, 2.45) is 11.8 Å². The first-order chi connectivity index (χ1) is 15.4. The predicted octanol–water partition coefficient (Wildman–Crippen LogP) is 5.29. The van der Waals surface area contributed by atoms with Gasteiger partial charge in [-0.15, -0.1) is 11.6 Å². The van der Waals surface area contributed by atoms with Gasteiger partial charge < -0.3 is 10.2 Å². The maximum atomic E-state index is 13.7. The molecule has 172 valence electrons. The SMILES string of the molecule is Cc1ccc([C@H](C(=O)N[C@@H]2CCC[C@@H](C)[C@H]2C)N(CCc2ccccc2)C(=O)CCl)cc1. The average molecular weight is 455 g/mol. The second kappa shape index (κ2) is 11.5. The summed E-state index contributed by atoms with van der Waals surface area (Å²) in [5.74, 6) is 0.486. The largest absolute Gasteiger partial charge is 0.351 e. The van der Waals surface area contributed by atoms with Gasteiger partial charge in [-0.1, -0.05) is 86.8 Å². The second-order valence-electron chi connectivity index (χ2n) is 9.15. The number of aryl methyl sites for hydroxylation is 1. The Morgan fingerprint density at radius 1 is 1.06 bits per heavy atom. The summed E-state index contributed by atoms with van der Waals surface area (Å²) in [6.07, 6.45) is 3.95. The molecule has 1 aliphatic rings. The summed E-state index contributed by atoms with van der Waals surface area (Å²) in [6.45, 7) is 6.91. The maximum absolute atomic E-state index is 13.7. The van der Waals surface area contributed by atoms with E-state index in [-0.39, 0.29) is 23.7 Å². The molecule has 4 nitrogen and oxygen atoms in total. The third-order valence-electron chi connectivity index (χ3n) is 6.91. The quantitative estimate of drug-likeness (QED) is 0.551. The first-order valence-corrected chi connectivity index (χ1v) is 12.2. The highest BCUT2D eigenvalue weighted by Crippen LogP contribution is 2.31. The smallest absolute Gasteiger partial charge is 0.247 e. The molecule has 1 N–H and O–H groups in total. The number of benzene rings is 2. The van der Waals surface area contributed by atoms with Crippen LogP contribution in [0.4, 0.5) is 0 Å². The Kier molecular flexibility index (Phi) is 8.75. The highest BCUT2D eigenvalue weighted by Gasteiger charge is 2.34. The topological polar surface area (TPSA) is 49.4 Å². The zero-order valence-corrected chi connectivity index (χ0v) is 20.1. The van der Waals surface area contributed by atoms with Gasteiger partial charge in [0.05, 0.1) is 0 Å². The van der Waals surface area contributed by atoms with Crippen molar-refractivity contribution in [1.82, 2.24) is 10.2 Å². The van der Waals surface area contributed by atoms with E-state index in [0.717, 1.165) is 29.5 Å². The molecule has 1 aliphatic carbocycles. The van der Waals surface area contributed by atoms with Crippen LogP contribution in [-0.4, -0.2) is 35.2 Å². The van der Waals surface area contributed by atoms with Gasteiger partial charge in [0.2, 0.25) is 11.8 Å². The minimum Gasteiger partial charge on any atom is -0.351 e. The van der Waals surface area contributed by atoms with E-state index in [2.05, 4.69) is 19.2 Å². The number of amides is 2. The van der Waals surface area contributed by atoms with Crippen LogP contribution in [-0.2, 0) is 16.0 Å². The Morgan fingerprint density at radius 3 is 2.41 bits per heavy atom. The lowest BCUT2D eigenvalue weighted by atomic mass is 9.78. The van der Waals surface area contributed by atoms with Crippen molar-refractivity contribution in [1.29, 1.82) is 0 Å². The number of hydrogen-bond donors (Lipinski definition) is 1. The van der Waals surface area contributed by atoms with Crippen LogP contribution in [0.3, 0.4) is 0 Å². The molecule has 32 heavy (non-hydrogen) atoms. The highest BCUT2D eigenvalue weighted by atomic mass is 35.5. The molecule has 0 radical (unpaired) electrons. The number of halogens is 1. The van der Waals surface area contributed by atoms with Crippen LogP contribution in [0.1, 0.15) is 55.8 Å². The minimum atomic E-state index is -0.699. The fourth-order valence-corrected chi connectivity index (χ4v) is 4.79. The molecule has 4 atom stereocenters. The summed E-state index contributed by atoms with van der Waals surface area (Å²) < 4.78 is 0. The van der Waals surface area contributed by atoms with Crippen LogP contribution >= 0.6 is 11.6 Å². The lowest BCUT2D eigenvalue weighted by Gasteiger charge is -2.37. The minimum absolute atomic E-state index is 0.119. The molecule has 0 aliphatic heterocycles. The van der Waals surface area contributed by atoms with E-state index < -0.39 is 6.04 Å². The molecule has 0 saturated heterocycles. The Labute approximate surface area is 197 Å². The first kappa shape index (κ1) is 24.3. The van der Waals surface area contributed by atoms with Gasteiger partial charge in [0, 0.05) is 12.6 Å². The zero-order chi connectivity index (χ0) is 23.1. The van der Waals surface area contributed by atoms with Crippen molar-refractivity contribution < 1.29 is 9.59 Å². The van der Waals surface area contributed by atoms with E-state index in [1.807, 2.05) is 61.5 Å². The molecule has 0 heterocycles. The molecule has 3 rings (SSSR count). The van der Waals surface area contributed by atoms with Crippen LogP contribution in [0.2, 0.25) is 0 Å². The van der Waals surface area contributed by atoms with E-state index in [1.54, 1.807) is 4.90 Å². The monoisotopic (exact) mass is 454 g/mol. The van der Waals surface area contributed by atoms with Gasteiger partial charge in [-0.05, 0) is 42.7 Å². The zero-order valence-electron chi connectivity index (χ0n) is 19.4. The van der Waals surface area contributed by atoms with Crippen LogP contribution in [0.15, 0.2) is 54.6 Å². The van der Waals surface area contributed by atoms with Crippen molar-refractivity contribution in [2.75, 3.05) is 12.4 Å². The Morgan fingerprint density at radius 2 is 1.75 bits per heavy atom. The predicted molar refractivity (Wildman–Crippen MR) is 131 cm³/mol. The van der Waals surface area contributed by atoms with Crippen molar-refractivity contribution in [3.8, 4) is 0 Å². The van der Waals surface area contributed by atoms with Gasteiger partial charge in [0.25, 0.3) is 0 Å². The molecule has 1 fully saturated rings. The molecular weight excluding hydrogens is 420 g/mol. The number of alkyl halides is 1. The second-order valence-corrected chi connectivity index (χ2v) is 9.42. The Bertz CT molecular complexity index is 884. The number of carbonyl (C=O) groups excluding carboxylic acids is 2. The summed E-state index contributed by atoms with van der Waals surface area (Å²) in [5, 5.41) is 3.29. The number of nitrogens with one attached hydrogen (secondary N) is 1. The summed E-state index contributed by atoms with van der Waals surface area (Å²) in [5.41, 5.74) is 3.05. The molecule has 0 bridgehead atoms. The fraction of sp³-hybridized carbons (Fsp3) is 0.481. The number of carbonyl (C=O) groups is 2. The van der Waals surface area contributed by atoms with Crippen molar-refractivity contribution in [2.45, 2.75) is 58.5 Å². The molecule has 0 unspecified atom stereocenters. The van der Waals surface area contributed by atoms with Crippen LogP contribution in [0, 0.1) is 18.8 Å². The summed E-state index contributed by atoms with van der Waals surface area (Å²) in [6, 6.07) is 17.3.